The quantitative estimate of drug-likeness (QED) is 0.703. The van der Waals surface area contributed by atoms with Gasteiger partial charge in [0.1, 0.15) is 0 Å². The zero-order valence-electron chi connectivity index (χ0n) is 7.30. The lowest BCUT2D eigenvalue weighted by Crippen LogP contribution is -2.29. The van der Waals surface area contributed by atoms with E-state index in [0.717, 1.165) is 18.5 Å². The van der Waals surface area contributed by atoms with Crippen LogP contribution in [0.15, 0.2) is 6.20 Å². The summed E-state index contributed by atoms with van der Waals surface area (Å²) in [4.78, 5) is 0. The highest BCUT2D eigenvalue weighted by molar-refractivity contribution is 7.79. The summed E-state index contributed by atoms with van der Waals surface area (Å²) in [5, 5.41) is 16.8. The van der Waals surface area contributed by atoms with Gasteiger partial charge in [0.15, 0.2) is 0 Å². The highest BCUT2D eigenvalue weighted by Crippen LogP contribution is 2.36. The van der Waals surface area contributed by atoms with Gasteiger partial charge in [-0.25, -0.2) is 4.68 Å². The first-order valence-electron chi connectivity index (χ1n) is 4.46. The summed E-state index contributed by atoms with van der Waals surface area (Å²) in [7, 11) is 0. The standard InChI is InChI=1S/C8H13N3OS/c12-4-6-1-8(2-6)11-3-7(5-13)9-10-11/h3,6,8,12-13H,1-2,4-5H2. The van der Waals surface area contributed by atoms with Crippen LogP contribution in [0.3, 0.4) is 0 Å². The van der Waals surface area contributed by atoms with Crippen LogP contribution in [0.1, 0.15) is 24.6 Å². The molecule has 1 fully saturated rings. The monoisotopic (exact) mass is 199 g/mol. The summed E-state index contributed by atoms with van der Waals surface area (Å²) in [5.74, 6) is 1.10. The Morgan fingerprint density at radius 1 is 1.62 bits per heavy atom. The molecule has 1 aliphatic carbocycles. The maximum Gasteiger partial charge on any atom is 0.0923 e. The molecule has 13 heavy (non-hydrogen) atoms. The summed E-state index contributed by atoms with van der Waals surface area (Å²) in [5.41, 5.74) is 0.913. The van der Waals surface area contributed by atoms with Crippen LogP contribution in [0.5, 0.6) is 0 Å². The number of aliphatic hydroxyl groups is 1. The van der Waals surface area contributed by atoms with E-state index in [1.54, 1.807) is 0 Å². The van der Waals surface area contributed by atoms with E-state index >= 15 is 0 Å². The highest BCUT2D eigenvalue weighted by atomic mass is 32.1. The molecule has 72 valence electrons. The molecular weight excluding hydrogens is 186 g/mol. The van der Waals surface area contributed by atoms with Gasteiger partial charge < -0.3 is 5.11 Å². The van der Waals surface area contributed by atoms with Gasteiger partial charge in [-0.15, -0.1) is 5.10 Å². The predicted molar refractivity (Wildman–Crippen MR) is 51.6 cm³/mol. The number of aromatic nitrogens is 3. The van der Waals surface area contributed by atoms with Crippen LogP contribution >= 0.6 is 12.6 Å². The Hall–Kier alpha value is -0.550. The fourth-order valence-corrected chi connectivity index (χ4v) is 1.77. The Labute approximate surface area is 82.4 Å². The van der Waals surface area contributed by atoms with Crippen LogP contribution in [-0.2, 0) is 5.75 Å². The average molecular weight is 199 g/mol. The van der Waals surface area contributed by atoms with Gasteiger partial charge in [0.05, 0.1) is 11.7 Å². The van der Waals surface area contributed by atoms with Crippen molar-refractivity contribution in [3.63, 3.8) is 0 Å². The molecule has 0 aromatic carbocycles. The van der Waals surface area contributed by atoms with E-state index in [-0.39, 0.29) is 0 Å². The van der Waals surface area contributed by atoms with E-state index in [4.69, 9.17) is 5.11 Å². The van der Waals surface area contributed by atoms with Gasteiger partial charge in [0, 0.05) is 18.6 Å². The zero-order chi connectivity index (χ0) is 9.26. The molecule has 0 amide bonds. The van der Waals surface area contributed by atoms with Crippen LogP contribution in [-0.4, -0.2) is 26.7 Å². The van der Waals surface area contributed by atoms with E-state index in [9.17, 15) is 0 Å². The van der Waals surface area contributed by atoms with E-state index < -0.39 is 0 Å². The molecule has 0 bridgehead atoms. The molecule has 0 radical (unpaired) electrons. The third-order valence-corrected chi connectivity index (χ3v) is 2.89. The zero-order valence-corrected chi connectivity index (χ0v) is 8.19. The second kappa shape index (κ2) is 3.67. The van der Waals surface area contributed by atoms with Crippen LogP contribution in [0.2, 0.25) is 0 Å². The Morgan fingerprint density at radius 2 is 2.38 bits per heavy atom. The molecule has 4 nitrogen and oxygen atoms in total. The van der Waals surface area contributed by atoms with Crippen molar-refractivity contribution in [2.24, 2.45) is 5.92 Å². The molecule has 1 aromatic heterocycles. The van der Waals surface area contributed by atoms with E-state index in [1.165, 1.54) is 0 Å². The molecule has 1 aromatic rings. The third-order valence-electron chi connectivity index (χ3n) is 2.56. The SMILES string of the molecule is OCC1CC(n2cc(CS)nn2)C1. The molecule has 1 N–H and O–H groups in total. The fraction of sp³-hybridized carbons (Fsp3) is 0.750. The number of thiol groups is 1. The maximum atomic E-state index is 8.84. The van der Waals surface area contributed by atoms with Crippen molar-refractivity contribution in [2.45, 2.75) is 24.6 Å². The lowest BCUT2D eigenvalue weighted by Gasteiger charge is -2.33. The van der Waals surface area contributed by atoms with Crippen molar-refractivity contribution in [3.8, 4) is 0 Å². The largest absolute Gasteiger partial charge is 0.396 e. The molecule has 1 aliphatic rings. The first-order valence-corrected chi connectivity index (χ1v) is 5.09. The van der Waals surface area contributed by atoms with Crippen molar-refractivity contribution in [1.29, 1.82) is 0 Å². The Kier molecular flexibility index (Phi) is 2.55. The van der Waals surface area contributed by atoms with Gasteiger partial charge in [0.2, 0.25) is 0 Å². The van der Waals surface area contributed by atoms with Gasteiger partial charge in [-0.3, -0.25) is 0 Å². The summed E-state index contributed by atoms with van der Waals surface area (Å²) < 4.78 is 1.89. The highest BCUT2D eigenvalue weighted by Gasteiger charge is 2.30. The smallest absolute Gasteiger partial charge is 0.0923 e. The predicted octanol–water partition coefficient (Wildman–Crippen LogP) is 0.651. The maximum absolute atomic E-state index is 8.84. The lowest BCUT2D eigenvalue weighted by atomic mass is 9.81. The summed E-state index contributed by atoms with van der Waals surface area (Å²) in [6.07, 6.45) is 3.98. The van der Waals surface area contributed by atoms with Crippen LogP contribution in [0, 0.1) is 5.92 Å². The van der Waals surface area contributed by atoms with E-state index in [0.29, 0.717) is 24.3 Å². The molecule has 0 unspecified atom stereocenters. The van der Waals surface area contributed by atoms with E-state index in [2.05, 4.69) is 22.9 Å². The molecule has 0 spiro atoms. The average Bonchev–Trinajstić information content (AvgIpc) is 2.51. The summed E-state index contributed by atoms with van der Waals surface area (Å²) in [6, 6.07) is 0.443. The number of nitrogens with zero attached hydrogens (tertiary/aromatic N) is 3. The van der Waals surface area contributed by atoms with Crippen molar-refractivity contribution in [3.05, 3.63) is 11.9 Å². The van der Waals surface area contributed by atoms with Gasteiger partial charge in [-0.05, 0) is 18.8 Å². The summed E-state index contributed by atoms with van der Waals surface area (Å²) in [6.45, 7) is 0.296. The minimum absolute atomic E-state index is 0.296. The molecular formula is C8H13N3OS. The molecule has 5 heteroatoms. The second-order valence-corrected chi connectivity index (χ2v) is 3.84. The van der Waals surface area contributed by atoms with Crippen LogP contribution in [0.25, 0.3) is 0 Å². The molecule has 1 heterocycles. The van der Waals surface area contributed by atoms with Crippen LogP contribution < -0.4 is 0 Å². The normalized spacial score (nSPS) is 27.2. The first-order chi connectivity index (χ1) is 6.33. The number of aliphatic hydroxyl groups excluding tert-OH is 1. The van der Waals surface area contributed by atoms with E-state index in [1.807, 2.05) is 10.9 Å². The Balaban J connectivity index is 1.95. The minimum atomic E-state index is 0.296. The Bertz CT molecular complexity index is 283. The van der Waals surface area contributed by atoms with Gasteiger partial charge in [0.25, 0.3) is 0 Å². The second-order valence-electron chi connectivity index (χ2n) is 3.52. The fourth-order valence-electron chi connectivity index (χ4n) is 1.63. The molecule has 1 saturated carbocycles. The molecule has 0 atom stereocenters. The molecule has 0 aliphatic heterocycles. The number of hydrogen-bond donors (Lipinski definition) is 2. The van der Waals surface area contributed by atoms with Gasteiger partial charge >= 0.3 is 0 Å². The first kappa shape index (κ1) is 9.02. The molecule has 0 saturated heterocycles. The van der Waals surface area contributed by atoms with Crippen molar-refractivity contribution >= 4 is 12.6 Å². The van der Waals surface area contributed by atoms with Gasteiger partial charge in [-0.2, -0.15) is 12.6 Å². The van der Waals surface area contributed by atoms with Crippen molar-refractivity contribution in [2.75, 3.05) is 6.61 Å². The lowest BCUT2D eigenvalue weighted by molar-refractivity contribution is 0.104. The van der Waals surface area contributed by atoms with Crippen LogP contribution in [0.4, 0.5) is 0 Å². The van der Waals surface area contributed by atoms with Crippen molar-refractivity contribution < 1.29 is 5.11 Å². The minimum Gasteiger partial charge on any atom is -0.396 e. The molecule has 2 rings (SSSR count). The van der Waals surface area contributed by atoms with Crippen molar-refractivity contribution in [1.82, 2.24) is 15.0 Å². The number of rotatable bonds is 3. The third kappa shape index (κ3) is 1.71. The Morgan fingerprint density at radius 3 is 2.92 bits per heavy atom. The summed E-state index contributed by atoms with van der Waals surface area (Å²) >= 11 is 4.12. The number of hydrogen-bond acceptors (Lipinski definition) is 4. The topological polar surface area (TPSA) is 50.9 Å². The van der Waals surface area contributed by atoms with Gasteiger partial charge in [-0.1, -0.05) is 5.21 Å².